The second kappa shape index (κ2) is 4.40. The van der Waals surface area contributed by atoms with Crippen molar-refractivity contribution in [2.75, 3.05) is 5.73 Å². The molecular weight excluding hydrogens is 237 g/mol. The Kier molecular flexibility index (Phi) is 2.93. The highest BCUT2D eigenvalue weighted by molar-refractivity contribution is 5.65. The van der Waals surface area contributed by atoms with E-state index in [0.29, 0.717) is 16.8 Å². The van der Waals surface area contributed by atoms with Gasteiger partial charge in [0.25, 0.3) is 0 Å². The van der Waals surface area contributed by atoms with E-state index in [4.69, 9.17) is 5.73 Å². The van der Waals surface area contributed by atoms with Gasteiger partial charge in [0.1, 0.15) is 5.82 Å². The number of anilines is 1. The van der Waals surface area contributed by atoms with Crippen LogP contribution >= 0.6 is 0 Å². The predicted octanol–water partition coefficient (Wildman–Crippen LogP) is 2.69. The van der Waals surface area contributed by atoms with Gasteiger partial charge < -0.3 is 5.73 Å². The number of nitrogens with zero attached hydrogens (tertiary/aromatic N) is 2. The van der Waals surface area contributed by atoms with Crippen LogP contribution in [0.3, 0.4) is 0 Å². The molecule has 6 heteroatoms. The van der Waals surface area contributed by atoms with Gasteiger partial charge in [-0.05, 0) is 24.6 Å². The summed E-state index contributed by atoms with van der Waals surface area (Å²) in [4.78, 5) is 13.9. The molecule has 2 rings (SSSR count). The van der Waals surface area contributed by atoms with Crippen molar-refractivity contribution in [1.82, 2.24) is 4.98 Å². The molecule has 0 fully saturated rings. The predicted molar refractivity (Wildman–Crippen MR) is 65.4 cm³/mol. The molecule has 2 N–H and O–H groups in total. The van der Waals surface area contributed by atoms with E-state index in [1.165, 1.54) is 18.2 Å². The maximum atomic E-state index is 13.4. The van der Waals surface area contributed by atoms with E-state index in [1.54, 1.807) is 19.1 Å². The number of benzene rings is 1. The molecule has 5 nitrogen and oxygen atoms in total. The Bertz CT molecular complexity index is 629. The molecule has 2 aromatic rings. The standard InChI is InChI=1S/C12H10FN3O2/c1-7-2-3-8(6-9(7)13)10-4-5-11(16(17)18)12(14)15-10/h2-6H,1H3,(H2,14,15). The topological polar surface area (TPSA) is 82.0 Å². The highest BCUT2D eigenvalue weighted by atomic mass is 19.1. The summed E-state index contributed by atoms with van der Waals surface area (Å²) >= 11 is 0. The molecule has 0 saturated carbocycles. The van der Waals surface area contributed by atoms with Crippen molar-refractivity contribution in [3.63, 3.8) is 0 Å². The zero-order chi connectivity index (χ0) is 13.3. The van der Waals surface area contributed by atoms with Gasteiger partial charge in [-0.1, -0.05) is 12.1 Å². The fraction of sp³-hybridized carbons (Fsp3) is 0.0833. The highest BCUT2D eigenvalue weighted by Crippen LogP contribution is 2.25. The lowest BCUT2D eigenvalue weighted by molar-refractivity contribution is -0.384. The van der Waals surface area contributed by atoms with Crippen LogP contribution in [0.15, 0.2) is 30.3 Å². The minimum Gasteiger partial charge on any atom is -0.378 e. The average Bonchev–Trinajstić information content (AvgIpc) is 2.32. The molecule has 0 unspecified atom stereocenters. The number of pyridine rings is 1. The Morgan fingerprint density at radius 3 is 2.61 bits per heavy atom. The van der Waals surface area contributed by atoms with Gasteiger partial charge in [-0.3, -0.25) is 10.1 Å². The van der Waals surface area contributed by atoms with Crippen LogP contribution in [0, 0.1) is 22.9 Å². The van der Waals surface area contributed by atoms with Gasteiger partial charge in [0.15, 0.2) is 0 Å². The number of rotatable bonds is 2. The van der Waals surface area contributed by atoms with Crippen molar-refractivity contribution in [3.05, 3.63) is 51.8 Å². The number of nitrogens with two attached hydrogens (primary N) is 1. The molecule has 1 aromatic heterocycles. The van der Waals surface area contributed by atoms with Crippen LogP contribution in [0.2, 0.25) is 0 Å². The molecule has 1 aromatic carbocycles. The summed E-state index contributed by atoms with van der Waals surface area (Å²) in [6.07, 6.45) is 0. The molecule has 0 aliphatic rings. The second-order valence-electron chi connectivity index (χ2n) is 3.82. The first-order valence-electron chi connectivity index (χ1n) is 5.16. The lowest BCUT2D eigenvalue weighted by atomic mass is 10.1. The molecule has 0 radical (unpaired) electrons. The van der Waals surface area contributed by atoms with Gasteiger partial charge in [0.2, 0.25) is 5.82 Å². The van der Waals surface area contributed by atoms with Gasteiger partial charge >= 0.3 is 5.69 Å². The number of hydrogen-bond acceptors (Lipinski definition) is 4. The third-order valence-electron chi connectivity index (χ3n) is 2.57. The smallest absolute Gasteiger partial charge is 0.311 e. The SMILES string of the molecule is Cc1ccc(-c2ccc([N+](=O)[O-])c(N)n2)cc1F. The molecule has 1 heterocycles. The van der Waals surface area contributed by atoms with E-state index in [0.717, 1.165) is 0 Å². The van der Waals surface area contributed by atoms with E-state index in [2.05, 4.69) is 4.98 Å². The monoisotopic (exact) mass is 247 g/mol. The van der Waals surface area contributed by atoms with Crippen LogP contribution in [0.4, 0.5) is 15.9 Å². The molecule has 92 valence electrons. The average molecular weight is 247 g/mol. The molecule has 0 aliphatic carbocycles. The van der Waals surface area contributed by atoms with Crippen LogP contribution in [0.25, 0.3) is 11.3 Å². The first-order chi connectivity index (χ1) is 8.49. The van der Waals surface area contributed by atoms with Crippen molar-refractivity contribution in [2.45, 2.75) is 6.92 Å². The normalized spacial score (nSPS) is 10.3. The molecule has 0 aliphatic heterocycles. The summed E-state index contributed by atoms with van der Waals surface area (Å²) in [5, 5.41) is 10.6. The van der Waals surface area contributed by atoms with Gasteiger partial charge in [-0.2, -0.15) is 0 Å². The Morgan fingerprint density at radius 2 is 2.06 bits per heavy atom. The largest absolute Gasteiger partial charge is 0.378 e. The van der Waals surface area contributed by atoms with E-state index in [9.17, 15) is 14.5 Å². The van der Waals surface area contributed by atoms with Crippen LogP contribution in [0.5, 0.6) is 0 Å². The van der Waals surface area contributed by atoms with Crippen LogP contribution in [-0.4, -0.2) is 9.91 Å². The molecule has 0 spiro atoms. The molecule has 0 atom stereocenters. The summed E-state index contributed by atoms with van der Waals surface area (Å²) in [6.45, 7) is 1.65. The molecule has 0 amide bonds. The van der Waals surface area contributed by atoms with Crippen molar-refractivity contribution >= 4 is 11.5 Å². The Morgan fingerprint density at radius 1 is 1.33 bits per heavy atom. The van der Waals surface area contributed by atoms with Gasteiger partial charge in [0.05, 0.1) is 10.6 Å². The summed E-state index contributed by atoms with van der Waals surface area (Å²) in [5.41, 5.74) is 6.67. The number of nitrogen functional groups attached to an aromatic ring is 1. The first kappa shape index (κ1) is 12.0. The molecular formula is C12H10FN3O2. The third kappa shape index (κ3) is 2.13. The zero-order valence-corrected chi connectivity index (χ0v) is 9.55. The van der Waals surface area contributed by atoms with E-state index in [-0.39, 0.29) is 17.3 Å². The minimum absolute atomic E-state index is 0.182. The van der Waals surface area contributed by atoms with Gasteiger partial charge in [-0.15, -0.1) is 0 Å². The van der Waals surface area contributed by atoms with E-state index in [1.807, 2.05) is 0 Å². The van der Waals surface area contributed by atoms with Crippen molar-refractivity contribution in [3.8, 4) is 11.3 Å². The first-order valence-corrected chi connectivity index (χ1v) is 5.16. The summed E-state index contributed by atoms with van der Waals surface area (Å²) in [5.74, 6) is -0.537. The fourth-order valence-corrected chi connectivity index (χ4v) is 1.53. The fourth-order valence-electron chi connectivity index (χ4n) is 1.53. The summed E-state index contributed by atoms with van der Waals surface area (Å²) in [7, 11) is 0. The van der Waals surface area contributed by atoms with Crippen LogP contribution in [0.1, 0.15) is 5.56 Å². The number of aromatic nitrogens is 1. The molecule has 0 saturated heterocycles. The van der Waals surface area contributed by atoms with E-state index < -0.39 is 4.92 Å². The number of nitro groups is 1. The Hall–Kier alpha value is -2.50. The Balaban J connectivity index is 2.48. The number of hydrogen-bond donors (Lipinski definition) is 1. The number of halogens is 1. The highest BCUT2D eigenvalue weighted by Gasteiger charge is 2.13. The lowest BCUT2D eigenvalue weighted by Crippen LogP contribution is -1.99. The Labute approximate surface area is 102 Å². The summed E-state index contributed by atoms with van der Waals surface area (Å²) < 4.78 is 13.4. The number of aryl methyl sites for hydroxylation is 1. The third-order valence-corrected chi connectivity index (χ3v) is 2.57. The van der Waals surface area contributed by atoms with E-state index >= 15 is 0 Å². The van der Waals surface area contributed by atoms with Gasteiger partial charge in [0, 0.05) is 11.6 Å². The van der Waals surface area contributed by atoms with Crippen molar-refractivity contribution in [1.29, 1.82) is 0 Å². The van der Waals surface area contributed by atoms with Crippen molar-refractivity contribution in [2.24, 2.45) is 0 Å². The maximum absolute atomic E-state index is 13.4. The second-order valence-corrected chi connectivity index (χ2v) is 3.82. The summed E-state index contributed by atoms with van der Waals surface area (Å²) in [6, 6.07) is 7.33. The minimum atomic E-state index is -0.609. The lowest BCUT2D eigenvalue weighted by Gasteiger charge is -2.04. The van der Waals surface area contributed by atoms with Crippen LogP contribution < -0.4 is 5.73 Å². The maximum Gasteiger partial charge on any atom is 0.311 e. The molecule has 18 heavy (non-hydrogen) atoms. The molecule has 0 bridgehead atoms. The van der Waals surface area contributed by atoms with Gasteiger partial charge in [-0.25, -0.2) is 9.37 Å². The van der Waals surface area contributed by atoms with Crippen LogP contribution in [-0.2, 0) is 0 Å². The quantitative estimate of drug-likeness (QED) is 0.653. The zero-order valence-electron chi connectivity index (χ0n) is 9.55. The van der Waals surface area contributed by atoms with Crippen molar-refractivity contribution < 1.29 is 9.31 Å².